The van der Waals surface area contributed by atoms with Crippen LogP contribution >= 0.6 is 0 Å². The summed E-state index contributed by atoms with van der Waals surface area (Å²) < 4.78 is 26.5. The summed E-state index contributed by atoms with van der Waals surface area (Å²) in [6, 6.07) is 3.05. The molecule has 1 aromatic rings. The molecule has 1 saturated heterocycles. The second kappa shape index (κ2) is 6.95. The lowest BCUT2D eigenvalue weighted by molar-refractivity contribution is 0.0617. The fraction of sp³-hybridized carbons (Fsp3) is 0.533. The van der Waals surface area contributed by atoms with Gasteiger partial charge >= 0.3 is 0 Å². The van der Waals surface area contributed by atoms with E-state index in [-0.39, 0.29) is 11.5 Å². The molecule has 1 heterocycles. The summed E-state index contributed by atoms with van der Waals surface area (Å²) in [4.78, 5) is 16.1. The van der Waals surface area contributed by atoms with E-state index in [1.54, 1.807) is 4.90 Å². The molecule has 0 spiro atoms. The van der Waals surface area contributed by atoms with Crippen LogP contribution < -0.4 is 5.73 Å². The molecule has 6 heteroatoms. The summed E-state index contributed by atoms with van der Waals surface area (Å²) in [5.74, 6) is -1.44. The van der Waals surface area contributed by atoms with E-state index in [0.29, 0.717) is 25.6 Å². The molecule has 1 aromatic carbocycles. The van der Waals surface area contributed by atoms with E-state index in [1.165, 1.54) is 6.07 Å². The molecule has 0 radical (unpaired) electrons. The van der Waals surface area contributed by atoms with Crippen LogP contribution in [-0.4, -0.2) is 55.0 Å². The number of nitrogens with zero attached hydrogens (tertiary/aromatic N) is 2. The molecule has 0 saturated carbocycles. The summed E-state index contributed by atoms with van der Waals surface area (Å²) in [6.07, 6.45) is 0. The van der Waals surface area contributed by atoms with Crippen LogP contribution in [0.15, 0.2) is 18.2 Å². The lowest BCUT2D eigenvalue weighted by Gasteiger charge is -2.35. The Bertz CT molecular complexity index is 502. The van der Waals surface area contributed by atoms with E-state index in [2.05, 4.69) is 11.8 Å². The average molecular weight is 297 g/mol. The highest BCUT2D eigenvalue weighted by Crippen LogP contribution is 2.14. The lowest BCUT2D eigenvalue weighted by Crippen LogP contribution is -2.50. The topological polar surface area (TPSA) is 49.6 Å². The second-order valence-electron chi connectivity index (χ2n) is 5.56. The third-order valence-corrected chi connectivity index (χ3v) is 3.79. The van der Waals surface area contributed by atoms with Crippen molar-refractivity contribution >= 4 is 5.91 Å². The van der Waals surface area contributed by atoms with Gasteiger partial charge in [0.25, 0.3) is 5.91 Å². The van der Waals surface area contributed by atoms with Crippen molar-refractivity contribution in [1.82, 2.24) is 9.80 Å². The van der Waals surface area contributed by atoms with Gasteiger partial charge in [-0.1, -0.05) is 6.92 Å². The van der Waals surface area contributed by atoms with Crippen LogP contribution in [0.1, 0.15) is 17.3 Å². The Balaban J connectivity index is 1.94. The Morgan fingerprint density at radius 2 is 1.95 bits per heavy atom. The SMILES string of the molecule is CC(CN)CN1CCN(C(=O)c2ccc(F)cc2F)CC1. The van der Waals surface area contributed by atoms with Gasteiger partial charge in [-0.05, 0) is 24.6 Å². The molecule has 21 heavy (non-hydrogen) atoms. The normalized spacial score (nSPS) is 17.8. The number of rotatable bonds is 4. The monoisotopic (exact) mass is 297 g/mol. The molecule has 1 aliphatic rings. The first kappa shape index (κ1) is 15.9. The predicted molar refractivity (Wildman–Crippen MR) is 76.9 cm³/mol. The van der Waals surface area contributed by atoms with Crippen molar-refractivity contribution in [3.05, 3.63) is 35.4 Å². The van der Waals surface area contributed by atoms with Gasteiger partial charge in [-0.2, -0.15) is 0 Å². The largest absolute Gasteiger partial charge is 0.336 e. The fourth-order valence-electron chi connectivity index (χ4n) is 2.48. The maximum absolute atomic E-state index is 13.6. The molecule has 0 aliphatic carbocycles. The second-order valence-corrected chi connectivity index (χ2v) is 5.56. The van der Waals surface area contributed by atoms with Gasteiger partial charge in [-0.25, -0.2) is 8.78 Å². The Hall–Kier alpha value is -1.53. The van der Waals surface area contributed by atoms with Crippen LogP contribution in [0, 0.1) is 17.6 Å². The van der Waals surface area contributed by atoms with Gasteiger partial charge < -0.3 is 10.6 Å². The van der Waals surface area contributed by atoms with Crippen molar-refractivity contribution in [3.8, 4) is 0 Å². The van der Waals surface area contributed by atoms with Crippen LogP contribution in [0.2, 0.25) is 0 Å². The molecular weight excluding hydrogens is 276 g/mol. The molecular formula is C15H21F2N3O. The minimum absolute atomic E-state index is 0.0693. The standard InChI is InChI=1S/C15H21F2N3O/c1-11(9-18)10-19-4-6-20(7-5-19)15(21)13-3-2-12(16)8-14(13)17/h2-3,8,11H,4-7,9-10,18H2,1H3. The summed E-state index contributed by atoms with van der Waals surface area (Å²) >= 11 is 0. The summed E-state index contributed by atoms with van der Waals surface area (Å²) in [5, 5.41) is 0. The molecule has 1 aliphatic heterocycles. The fourth-order valence-corrected chi connectivity index (χ4v) is 2.48. The number of benzene rings is 1. The average Bonchev–Trinajstić information content (AvgIpc) is 2.47. The van der Waals surface area contributed by atoms with Crippen molar-refractivity contribution < 1.29 is 13.6 Å². The Kier molecular flexibility index (Phi) is 5.25. The number of halogens is 2. The molecule has 0 aromatic heterocycles. The predicted octanol–water partition coefficient (Wildman–Crippen LogP) is 1.32. The smallest absolute Gasteiger partial charge is 0.256 e. The third-order valence-electron chi connectivity index (χ3n) is 3.79. The van der Waals surface area contributed by atoms with Gasteiger partial charge in [0.05, 0.1) is 5.56 Å². The highest BCUT2D eigenvalue weighted by molar-refractivity contribution is 5.94. The van der Waals surface area contributed by atoms with Crippen molar-refractivity contribution in [2.75, 3.05) is 39.3 Å². The maximum Gasteiger partial charge on any atom is 0.256 e. The molecule has 1 amide bonds. The zero-order valence-electron chi connectivity index (χ0n) is 12.2. The maximum atomic E-state index is 13.6. The first-order valence-corrected chi connectivity index (χ1v) is 7.18. The minimum Gasteiger partial charge on any atom is -0.336 e. The number of carbonyl (C=O) groups excluding carboxylic acids is 1. The van der Waals surface area contributed by atoms with Gasteiger partial charge in [0.1, 0.15) is 11.6 Å². The molecule has 0 bridgehead atoms. The van der Waals surface area contributed by atoms with Gasteiger partial charge in [0.15, 0.2) is 0 Å². The summed E-state index contributed by atoms with van der Waals surface area (Å²) in [5.41, 5.74) is 5.54. The Morgan fingerprint density at radius 1 is 1.29 bits per heavy atom. The van der Waals surface area contributed by atoms with Gasteiger partial charge in [0, 0.05) is 38.8 Å². The first-order chi connectivity index (χ1) is 10.0. The number of hydrogen-bond acceptors (Lipinski definition) is 3. The van der Waals surface area contributed by atoms with Crippen molar-refractivity contribution in [1.29, 1.82) is 0 Å². The van der Waals surface area contributed by atoms with Crippen molar-refractivity contribution in [3.63, 3.8) is 0 Å². The van der Waals surface area contributed by atoms with E-state index in [1.807, 2.05) is 0 Å². The highest BCUT2D eigenvalue weighted by atomic mass is 19.1. The van der Waals surface area contributed by atoms with Crippen LogP contribution in [0.4, 0.5) is 8.78 Å². The number of piperazine rings is 1. The van der Waals surface area contributed by atoms with Crippen LogP contribution in [0.3, 0.4) is 0 Å². The van der Waals surface area contributed by atoms with Gasteiger partial charge in [-0.3, -0.25) is 9.69 Å². The van der Waals surface area contributed by atoms with Crippen molar-refractivity contribution in [2.45, 2.75) is 6.92 Å². The number of hydrogen-bond donors (Lipinski definition) is 1. The molecule has 116 valence electrons. The minimum atomic E-state index is -0.806. The summed E-state index contributed by atoms with van der Waals surface area (Å²) in [6.45, 7) is 6.23. The molecule has 1 unspecified atom stereocenters. The Morgan fingerprint density at radius 3 is 2.52 bits per heavy atom. The molecule has 1 fully saturated rings. The number of amides is 1. The summed E-state index contributed by atoms with van der Waals surface area (Å²) in [7, 11) is 0. The number of carbonyl (C=O) groups is 1. The van der Waals surface area contributed by atoms with Crippen molar-refractivity contribution in [2.24, 2.45) is 11.7 Å². The van der Waals surface area contributed by atoms with Crippen LogP contribution in [0.5, 0.6) is 0 Å². The van der Waals surface area contributed by atoms with E-state index < -0.39 is 11.6 Å². The zero-order valence-corrected chi connectivity index (χ0v) is 12.2. The first-order valence-electron chi connectivity index (χ1n) is 7.18. The lowest BCUT2D eigenvalue weighted by atomic mass is 10.1. The van der Waals surface area contributed by atoms with E-state index in [4.69, 9.17) is 5.73 Å². The molecule has 4 nitrogen and oxygen atoms in total. The van der Waals surface area contributed by atoms with Crippen LogP contribution in [-0.2, 0) is 0 Å². The Labute approximate surface area is 123 Å². The van der Waals surface area contributed by atoms with Gasteiger partial charge in [0.2, 0.25) is 0 Å². The van der Waals surface area contributed by atoms with Gasteiger partial charge in [-0.15, -0.1) is 0 Å². The van der Waals surface area contributed by atoms with E-state index >= 15 is 0 Å². The molecule has 2 rings (SSSR count). The van der Waals surface area contributed by atoms with E-state index in [9.17, 15) is 13.6 Å². The molecule has 1 atom stereocenters. The molecule has 2 N–H and O–H groups in total. The van der Waals surface area contributed by atoms with Crippen LogP contribution in [0.25, 0.3) is 0 Å². The number of nitrogens with two attached hydrogens (primary N) is 1. The third kappa shape index (κ3) is 3.98. The quantitative estimate of drug-likeness (QED) is 0.912. The zero-order chi connectivity index (χ0) is 15.4. The van der Waals surface area contributed by atoms with E-state index in [0.717, 1.165) is 31.8 Å². The highest BCUT2D eigenvalue weighted by Gasteiger charge is 2.24.